The zero-order valence-electron chi connectivity index (χ0n) is 10.0. The Bertz CT molecular complexity index is 366. The highest BCUT2D eigenvalue weighted by Gasteiger charge is 2.06. The lowest BCUT2D eigenvalue weighted by Gasteiger charge is -2.06. The fourth-order valence-corrected chi connectivity index (χ4v) is 1.54. The maximum Gasteiger partial charge on any atom is 0.269 e. The van der Waals surface area contributed by atoms with Gasteiger partial charge in [0.2, 0.25) is 0 Å². The molecule has 0 atom stereocenters. The van der Waals surface area contributed by atoms with Crippen molar-refractivity contribution in [1.29, 1.82) is 0 Å². The van der Waals surface area contributed by atoms with E-state index in [-0.39, 0.29) is 5.56 Å². The topological polar surface area (TPSA) is 45.8 Å². The Morgan fingerprint density at radius 3 is 2.27 bits per heavy atom. The highest BCUT2D eigenvalue weighted by molar-refractivity contribution is 5.04. The monoisotopic (exact) mass is 208 g/mol. The summed E-state index contributed by atoms with van der Waals surface area (Å²) in [6.07, 6.45) is 3.42. The molecule has 1 heterocycles. The SMILES string of the molecule is CC(C)Cc1cnc(CC(C)C)c(=O)[nH]1. The van der Waals surface area contributed by atoms with E-state index in [1.807, 2.05) is 0 Å². The number of H-pyrrole nitrogens is 1. The third-order valence-electron chi connectivity index (χ3n) is 2.14. The van der Waals surface area contributed by atoms with Gasteiger partial charge in [0.15, 0.2) is 0 Å². The Balaban J connectivity index is 2.84. The molecule has 0 aliphatic rings. The average Bonchev–Trinajstić information content (AvgIpc) is 2.08. The molecule has 0 saturated carbocycles. The number of rotatable bonds is 4. The first-order chi connectivity index (χ1) is 6.99. The molecular formula is C12H20N2O. The van der Waals surface area contributed by atoms with E-state index in [2.05, 4.69) is 37.7 Å². The van der Waals surface area contributed by atoms with Gasteiger partial charge in [-0.25, -0.2) is 0 Å². The summed E-state index contributed by atoms with van der Waals surface area (Å²) < 4.78 is 0. The van der Waals surface area contributed by atoms with Crippen LogP contribution in [0.3, 0.4) is 0 Å². The van der Waals surface area contributed by atoms with Gasteiger partial charge in [0.05, 0.1) is 0 Å². The van der Waals surface area contributed by atoms with E-state index in [0.29, 0.717) is 17.5 Å². The molecule has 1 rings (SSSR count). The molecule has 1 aromatic heterocycles. The molecule has 3 nitrogen and oxygen atoms in total. The van der Waals surface area contributed by atoms with Crippen molar-refractivity contribution in [3.63, 3.8) is 0 Å². The van der Waals surface area contributed by atoms with Gasteiger partial charge in [0.1, 0.15) is 5.69 Å². The van der Waals surface area contributed by atoms with E-state index in [1.54, 1.807) is 6.20 Å². The van der Waals surface area contributed by atoms with Crippen LogP contribution in [0.1, 0.15) is 39.1 Å². The van der Waals surface area contributed by atoms with E-state index < -0.39 is 0 Å². The van der Waals surface area contributed by atoms with Crippen molar-refractivity contribution in [3.8, 4) is 0 Å². The molecule has 15 heavy (non-hydrogen) atoms. The predicted octanol–water partition coefficient (Wildman–Crippen LogP) is 2.17. The van der Waals surface area contributed by atoms with Crippen LogP contribution in [0.2, 0.25) is 0 Å². The van der Waals surface area contributed by atoms with Crippen LogP contribution in [0.15, 0.2) is 11.0 Å². The zero-order chi connectivity index (χ0) is 11.4. The number of aromatic amines is 1. The first-order valence-corrected chi connectivity index (χ1v) is 5.56. The molecule has 1 aromatic rings. The first kappa shape index (κ1) is 12.0. The summed E-state index contributed by atoms with van der Waals surface area (Å²) in [4.78, 5) is 18.8. The second-order valence-corrected chi connectivity index (χ2v) is 4.88. The smallest absolute Gasteiger partial charge is 0.269 e. The highest BCUT2D eigenvalue weighted by atomic mass is 16.1. The first-order valence-electron chi connectivity index (χ1n) is 5.56. The Hall–Kier alpha value is -1.12. The molecule has 0 amide bonds. The molecule has 0 radical (unpaired) electrons. The van der Waals surface area contributed by atoms with Crippen molar-refractivity contribution < 1.29 is 0 Å². The van der Waals surface area contributed by atoms with E-state index in [0.717, 1.165) is 18.5 Å². The molecule has 84 valence electrons. The van der Waals surface area contributed by atoms with Crippen molar-refractivity contribution in [3.05, 3.63) is 27.9 Å². The molecule has 0 aromatic carbocycles. The van der Waals surface area contributed by atoms with Gasteiger partial charge >= 0.3 is 0 Å². The van der Waals surface area contributed by atoms with Crippen LogP contribution in [0.5, 0.6) is 0 Å². The molecule has 0 fully saturated rings. The van der Waals surface area contributed by atoms with E-state index in [9.17, 15) is 4.79 Å². The maximum atomic E-state index is 11.6. The fraction of sp³-hybridized carbons (Fsp3) is 0.667. The standard InChI is InChI=1S/C12H20N2O/c1-8(2)5-10-7-13-11(6-9(3)4)12(15)14-10/h7-9H,5-6H2,1-4H3,(H,14,15). The van der Waals surface area contributed by atoms with Crippen molar-refractivity contribution in [1.82, 2.24) is 9.97 Å². The van der Waals surface area contributed by atoms with Crippen molar-refractivity contribution in [2.24, 2.45) is 11.8 Å². The molecule has 0 unspecified atom stereocenters. The van der Waals surface area contributed by atoms with Crippen LogP contribution in [0.25, 0.3) is 0 Å². The second kappa shape index (κ2) is 5.10. The van der Waals surface area contributed by atoms with Gasteiger partial charge in [-0.1, -0.05) is 27.7 Å². The maximum absolute atomic E-state index is 11.6. The van der Waals surface area contributed by atoms with Crippen LogP contribution in [-0.4, -0.2) is 9.97 Å². The highest BCUT2D eigenvalue weighted by Crippen LogP contribution is 2.04. The molecule has 0 aliphatic carbocycles. The third-order valence-corrected chi connectivity index (χ3v) is 2.14. The Labute approximate surface area is 91.0 Å². The fourth-order valence-electron chi connectivity index (χ4n) is 1.54. The predicted molar refractivity (Wildman–Crippen MR) is 61.9 cm³/mol. The van der Waals surface area contributed by atoms with E-state index >= 15 is 0 Å². The van der Waals surface area contributed by atoms with Crippen molar-refractivity contribution >= 4 is 0 Å². The van der Waals surface area contributed by atoms with Crippen LogP contribution in [-0.2, 0) is 12.8 Å². The molecule has 0 aliphatic heterocycles. The van der Waals surface area contributed by atoms with Gasteiger partial charge in [-0.05, 0) is 24.7 Å². The summed E-state index contributed by atoms with van der Waals surface area (Å²) in [7, 11) is 0. The summed E-state index contributed by atoms with van der Waals surface area (Å²) in [6, 6.07) is 0. The van der Waals surface area contributed by atoms with Gasteiger partial charge in [-0.3, -0.25) is 9.78 Å². The summed E-state index contributed by atoms with van der Waals surface area (Å²) >= 11 is 0. The summed E-state index contributed by atoms with van der Waals surface area (Å²) in [6.45, 7) is 8.42. The largest absolute Gasteiger partial charge is 0.323 e. The van der Waals surface area contributed by atoms with E-state index in [1.165, 1.54) is 0 Å². The number of hydrogen-bond acceptors (Lipinski definition) is 2. The van der Waals surface area contributed by atoms with Crippen molar-refractivity contribution in [2.45, 2.75) is 40.5 Å². The zero-order valence-corrected chi connectivity index (χ0v) is 10.0. The molecule has 0 saturated heterocycles. The number of nitrogens with zero attached hydrogens (tertiary/aromatic N) is 1. The number of hydrogen-bond donors (Lipinski definition) is 1. The molecule has 3 heteroatoms. The minimum atomic E-state index is -0.0261. The van der Waals surface area contributed by atoms with Gasteiger partial charge < -0.3 is 4.98 Å². The molecule has 0 bridgehead atoms. The van der Waals surface area contributed by atoms with Gasteiger partial charge in [0.25, 0.3) is 5.56 Å². The molecular weight excluding hydrogens is 188 g/mol. The molecule has 1 N–H and O–H groups in total. The summed E-state index contributed by atoms with van der Waals surface area (Å²) in [5.41, 5.74) is 1.56. The quantitative estimate of drug-likeness (QED) is 0.824. The Morgan fingerprint density at radius 1 is 1.20 bits per heavy atom. The Morgan fingerprint density at radius 2 is 1.80 bits per heavy atom. The summed E-state index contributed by atoms with van der Waals surface area (Å²) in [5, 5.41) is 0. The molecule has 0 spiro atoms. The second-order valence-electron chi connectivity index (χ2n) is 4.88. The lowest BCUT2D eigenvalue weighted by molar-refractivity contribution is 0.612. The van der Waals surface area contributed by atoms with Gasteiger partial charge in [0, 0.05) is 11.9 Å². The number of aromatic nitrogens is 2. The third kappa shape index (κ3) is 3.86. The lowest BCUT2D eigenvalue weighted by Crippen LogP contribution is -2.19. The van der Waals surface area contributed by atoms with Crippen LogP contribution in [0.4, 0.5) is 0 Å². The lowest BCUT2D eigenvalue weighted by atomic mass is 10.1. The van der Waals surface area contributed by atoms with Gasteiger partial charge in [-0.2, -0.15) is 0 Å². The van der Waals surface area contributed by atoms with Crippen LogP contribution in [0, 0.1) is 11.8 Å². The average molecular weight is 208 g/mol. The van der Waals surface area contributed by atoms with E-state index in [4.69, 9.17) is 0 Å². The van der Waals surface area contributed by atoms with Gasteiger partial charge in [-0.15, -0.1) is 0 Å². The normalized spacial score (nSPS) is 11.3. The van der Waals surface area contributed by atoms with Crippen LogP contribution < -0.4 is 5.56 Å². The summed E-state index contributed by atoms with van der Waals surface area (Å²) in [5.74, 6) is 1.01. The Kier molecular flexibility index (Phi) is 4.06. The minimum absolute atomic E-state index is 0.0261. The number of nitrogens with one attached hydrogen (secondary N) is 1. The minimum Gasteiger partial charge on any atom is -0.323 e. The van der Waals surface area contributed by atoms with Crippen LogP contribution >= 0.6 is 0 Å². The van der Waals surface area contributed by atoms with Crippen molar-refractivity contribution in [2.75, 3.05) is 0 Å².